The lowest BCUT2D eigenvalue weighted by atomic mass is 10.0. The van der Waals surface area contributed by atoms with Crippen LogP contribution in [-0.4, -0.2) is 51.8 Å². The topological polar surface area (TPSA) is 67.3 Å². The molecule has 1 fully saturated rings. The van der Waals surface area contributed by atoms with Crippen molar-refractivity contribution in [2.24, 2.45) is 0 Å². The molecule has 1 amide bonds. The Bertz CT molecular complexity index is 563. The van der Waals surface area contributed by atoms with Crippen LogP contribution in [0, 0.1) is 0 Å². The smallest absolute Gasteiger partial charge is 0.410 e. The lowest BCUT2D eigenvalue weighted by molar-refractivity contribution is -0.0722. The van der Waals surface area contributed by atoms with Gasteiger partial charge in [0.05, 0.1) is 12.6 Å². The molecule has 1 unspecified atom stereocenters. The second-order valence-corrected chi connectivity index (χ2v) is 6.89. The molecular weight excluding hydrogens is 330 g/mol. The number of rotatable bonds is 2. The highest BCUT2D eigenvalue weighted by molar-refractivity contribution is 6.29. The first-order valence-corrected chi connectivity index (χ1v) is 7.53. The minimum Gasteiger partial charge on any atom is -0.444 e. The van der Waals surface area contributed by atoms with Gasteiger partial charge >= 0.3 is 6.09 Å². The zero-order chi connectivity index (χ0) is 17.3. The summed E-state index contributed by atoms with van der Waals surface area (Å²) in [5.41, 5.74) is -0.742. The van der Waals surface area contributed by atoms with Gasteiger partial charge in [0, 0.05) is 13.0 Å². The van der Waals surface area contributed by atoms with Gasteiger partial charge in [0.1, 0.15) is 11.4 Å². The van der Waals surface area contributed by atoms with E-state index in [0.29, 0.717) is 5.82 Å². The molecule has 1 aliphatic rings. The van der Waals surface area contributed by atoms with E-state index in [-0.39, 0.29) is 11.7 Å². The second kappa shape index (κ2) is 6.43. The van der Waals surface area contributed by atoms with E-state index in [4.69, 9.17) is 16.3 Å². The van der Waals surface area contributed by atoms with Crippen LogP contribution in [0.15, 0.2) is 12.1 Å². The Hall–Kier alpha value is -1.70. The third kappa shape index (κ3) is 5.46. The highest BCUT2D eigenvalue weighted by Gasteiger charge is 2.43. The molecular formula is C14H19ClF2N4O2. The number of carbonyl (C=O) groups is 1. The van der Waals surface area contributed by atoms with E-state index in [2.05, 4.69) is 15.5 Å². The summed E-state index contributed by atoms with van der Waals surface area (Å²) in [7, 11) is 0. The number of piperidine rings is 1. The van der Waals surface area contributed by atoms with Crippen molar-refractivity contribution in [1.29, 1.82) is 0 Å². The number of alkyl halides is 2. The maximum atomic E-state index is 13.9. The van der Waals surface area contributed by atoms with Crippen molar-refractivity contribution in [3.63, 3.8) is 0 Å². The van der Waals surface area contributed by atoms with Gasteiger partial charge < -0.3 is 15.0 Å². The number of likely N-dealkylation sites (tertiary alicyclic amines) is 1. The zero-order valence-electron chi connectivity index (χ0n) is 13.1. The van der Waals surface area contributed by atoms with E-state index in [1.165, 1.54) is 6.07 Å². The fourth-order valence-electron chi connectivity index (χ4n) is 2.26. The number of anilines is 1. The fourth-order valence-corrected chi connectivity index (χ4v) is 2.36. The van der Waals surface area contributed by atoms with Gasteiger partial charge in [0.2, 0.25) is 0 Å². The summed E-state index contributed by atoms with van der Waals surface area (Å²) in [5, 5.41) is 10.5. The largest absolute Gasteiger partial charge is 0.444 e. The highest BCUT2D eigenvalue weighted by atomic mass is 35.5. The molecule has 6 nitrogen and oxygen atoms in total. The van der Waals surface area contributed by atoms with Crippen molar-refractivity contribution in [2.45, 2.75) is 44.8 Å². The maximum absolute atomic E-state index is 13.9. The van der Waals surface area contributed by atoms with E-state index in [9.17, 15) is 13.6 Å². The average molecular weight is 349 g/mol. The van der Waals surface area contributed by atoms with Crippen molar-refractivity contribution >= 4 is 23.5 Å². The van der Waals surface area contributed by atoms with Crippen LogP contribution >= 0.6 is 11.6 Å². The minimum atomic E-state index is -3.01. The highest BCUT2D eigenvalue weighted by Crippen LogP contribution is 2.29. The Morgan fingerprint density at radius 1 is 1.43 bits per heavy atom. The molecule has 0 radical (unpaired) electrons. The number of hydrogen-bond donors (Lipinski definition) is 1. The number of carbonyl (C=O) groups excluding carboxylic acids is 1. The molecule has 1 aromatic rings. The Morgan fingerprint density at radius 2 is 2.13 bits per heavy atom. The van der Waals surface area contributed by atoms with Gasteiger partial charge in [-0.05, 0) is 32.9 Å². The molecule has 1 aliphatic heterocycles. The Balaban J connectivity index is 2.06. The predicted octanol–water partition coefficient (Wildman–Crippen LogP) is 3.19. The average Bonchev–Trinajstić information content (AvgIpc) is 2.37. The monoisotopic (exact) mass is 348 g/mol. The molecule has 0 saturated carbocycles. The molecule has 0 bridgehead atoms. The number of hydrogen-bond acceptors (Lipinski definition) is 5. The van der Waals surface area contributed by atoms with Gasteiger partial charge in [-0.2, -0.15) is 0 Å². The standard InChI is InChI=1S/C14H19ClF2N4O2/c1-13(2,3)23-12(22)21-7-9(6-14(16,17)8-21)18-11-5-4-10(15)19-20-11/h4-5,9H,6-8H2,1-3H3,(H,18,20). The number of nitrogens with one attached hydrogen (secondary N) is 1. The van der Waals surface area contributed by atoms with E-state index >= 15 is 0 Å². The van der Waals surface area contributed by atoms with Crippen LogP contribution in [0.25, 0.3) is 0 Å². The summed E-state index contributed by atoms with van der Waals surface area (Å²) < 4.78 is 33.0. The summed E-state index contributed by atoms with van der Waals surface area (Å²) in [5.74, 6) is -2.69. The van der Waals surface area contributed by atoms with Gasteiger partial charge in [-0.1, -0.05) is 11.6 Å². The summed E-state index contributed by atoms with van der Waals surface area (Å²) >= 11 is 5.64. The van der Waals surface area contributed by atoms with Crippen molar-refractivity contribution in [2.75, 3.05) is 18.4 Å². The molecule has 1 aromatic heterocycles. The van der Waals surface area contributed by atoms with Gasteiger partial charge in [-0.25, -0.2) is 13.6 Å². The van der Waals surface area contributed by atoms with Crippen LogP contribution in [0.2, 0.25) is 5.15 Å². The van der Waals surface area contributed by atoms with Gasteiger partial charge in [-0.15, -0.1) is 10.2 Å². The minimum absolute atomic E-state index is 0.0921. The molecule has 0 spiro atoms. The number of amides is 1. The van der Waals surface area contributed by atoms with E-state index in [0.717, 1.165) is 4.90 Å². The third-order valence-electron chi connectivity index (χ3n) is 3.04. The molecule has 1 atom stereocenters. The van der Waals surface area contributed by atoms with E-state index in [1.807, 2.05) is 0 Å². The summed E-state index contributed by atoms with van der Waals surface area (Å²) in [6.45, 7) is 4.49. The van der Waals surface area contributed by atoms with E-state index < -0.39 is 36.6 Å². The molecule has 128 valence electrons. The third-order valence-corrected chi connectivity index (χ3v) is 3.25. The van der Waals surface area contributed by atoms with Gasteiger partial charge in [-0.3, -0.25) is 0 Å². The predicted molar refractivity (Wildman–Crippen MR) is 81.8 cm³/mol. The number of halogens is 3. The van der Waals surface area contributed by atoms with E-state index in [1.54, 1.807) is 26.8 Å². The SMILES string of the molecule is CC(C)(C)OC(=O)N1CC(Nc2ccc(Cl)nn2)CC(F)(F)C1. The molecule has 2 heterocycles. The van der Waals surface area contributed by atoms with Crippen molar-refractivity contribution in [1.82, 2.24) is 15.1 Å². The first-order valence-electron chi connectivity index (χ1n) is 7.16. The molecule has 1 N–H and O–H groups in total. The van der Waals surface area contributed by atoms with Gasteiger partial charge in [0.15, 0.2) is 5.15 Å². The number of ether oxygens (including phenoxy) is 1. The molecule has 1 saturated heterocycles. The van der Waals surface area contributed by atoms with Crippen LogP contribution in [-0.2, 0) is 4.74 Å². The molecule has 0 aliphatic carbocycles. The molecule has 0 aromatic carbocycles. The van der Waals surface area contributed by atoms with Crippen molar-refractivity contribution in [3.05, 3.63) is 17.3 Å². The van der Waals surface area contributed by atoms with Crippen LogP contribution in [0.4, 0.5) is 19.4 Å². The van der Waals surface area contributed by atoms with Crippen molar-refractivity contribution < 1.29 is 18.3 Å². The molecule has 23 heavy (non-hydrogen) atoms. The second-order valence-electron chi connectivity index (χ2n) is 6.50. The van der Waals surface area contributed by atoms with Crippen LogP contribution in [0.3, 0.4) is 0 Å². The Morgan fingerprint density at radius 3 is 2.70 bits per heavy atom. The Kier molecular flexibility index (Phi) is 4.93. The lowest BCUT2D eigenvalue weighted by Crippen LogP contribution is -2.54. The van der Waals surface area contributed by atoms with Crippen LogP contribution in [0.5, 0.6) is 0 Å². The lowest BCUT2D eigenvalue weighted by Gasteiger charge is -2.38. The number of aromatic nitrogens is 2. The maximum Gasteiger partial charge on any atom is 0.410 e. The first-order chi connectivity index (χ1) is 10.5. The first kappa shape index (κ1) is 17.7. The summed E-state index contributed by atoms with van der Waals surface area (Å²) in [4.78, 5) is 13.1. The normalized spacial score (nSPS) is 21.0. The summed E-state index contributed by atoms with van der Waals surface area (Å²) in [6, 6.07) is 2.38. The summed E-state index contributed by atoms with van der Waals surface area (Å²) in [6.07, 6.45) is -1.16. The number of nitrogens with zero attached hydrogens (tertiary/aromatic N) is 3. The van der Waals surface area contributed by atoms with Crippen molar-refractivity contribution in [3.8, 4) is 0 Å². The molecule has 2 rings (SSSR count). The Labute approximate surface area is 138 Å². The van der Waals surface area contributed by atoms with Gasteiger partial charge in [0.25, 0.3) is 5.92 Å². The quantitative estimate of drug-likeness (QED) is 0.889. The van der Waals surface area contributed by atoms with Crippen LogP contribution < -0.4 is 5.32 Å². The van der Waals surface area contributed by atoms with Crippen LogP contribution in [0.1, 0.15) is 27.2 Å². The molecule has 9 heteroatoms. The fraction of sp³-hybridized carbons (Fsp3) is 0.643. The zero-order valence-corrected chi connectivity index (χ0v) is 13.9.